The standard InChI is InChI=1S/C8H14N4.ClH/c1-2-5-11(6-3-1)8-12-7-4-9-10-12;/h4,7H,1-3,5-6,8H2;1H. The number of halogens is 1. The third-order valence-corrected chi connectivity index (χ3v) is 2.27. The summed E-state index contributed by atoms with van der Waals surface area (Å²) in [7, 11) is 0. The minimum absolute atomic E-state index is 0. The van der Waals surface area contributed by atoms with Gasteiger partial charge in [0.1, 0.15) is 0 Å². The predicted molar refractivity (Wildman–Crippen MR) is 52.7 cm³/mol. The lowest BCUT2D eigenvalue weighted by Crippen LogP contribution is -2.31. The van der Waals surface area contributed by atoms with Crippen LogP contribution < -0.4 is 0 Å². The fourth-order valence-electron chi connectivity index (χ4n) is 1.61. The van der Waals surface area contributed by atoms with E-state index in [1.165, 1.54) is 32.4 Å². The van der Waals surface area contributed by atoms with E-state index in [1.807, 2.05) is 10.9 Å². The molecule has 1 saturated heterocycles. The van der Waals surface area contributed by atoms with Crippen molar-refractivity contribution in [2.75, 3.05) is 13.1 Å². The number of rotatable bonds is 2. The van der Waals surface area contributed by atoms with Gasteiger partial charge in [-0.2, -0.15) is 0 Å². The summed E-state index contributed by atoms with van der Waals surface area (Å²) in [6, 6.07) is 0. The van der Waals surface area contributed by atoms with E-state index in [1.54, 1.807) is 6.20 Å². The van der Waals surface area contributed by atoms with Crippen LogP contribution in [0.15, 0.2) is 12.4 Å². The van der Waals surface area contributed by atoms with Crippen molar-refractivity contribution in [3.63, 3.8) is 0 Å². The fraction of sp³-hybridized carbons (Fsp3) is 0.750. The quantitative estimate of drug-likeness (QED) is 0.722. The summed E-state index contributed by atoms with van der Waals surface area (Å²) in [5.41, 5.74) is 0. The number of likely N-dealkylation sites (tertiary alicyclic amines) is 1. The monoisotopic (exact) mass is 202 g/mol. The zero-order valence-corrected chi connectivity index (χ0v) is 8.41. The molecule has 0 N–H and O–H groups in total. The second-order valence-electron chi connectivity index (χ2n) is 3.26. The van der Waals surface area contributed by atoms with E-state index in [0.29, 0.717) is 0 Å². The Hall–Kier alpha value is -0.610. The largest absolute Gasteiger partial charge is 0.284 e. The first-order chi connectivity index (χ1) is 5.95. The van der Waals surface area contributed by atoms with E-state index in [-0.39, 0.29) is 12.4 Å². The minimum atomic E-state index is 0. The summed E-state index contributed by atoms with van der Waals surface area (Å²) < 4.78 is 1.88. The highest BCUT2D eigenvalue weighted by Gasteiger charge is 2.09. The molecule has 13 heavy (non-hydrogen) atoms. The molecular weight excluding hydrogens is 188 g/mol. The maximum Gasteiger partial charge on any atom is 0.0946 e. The Morgan fingerprint density at radius 3 is 2.54 bits per heavy atom. The summed E-state index contributed by atoms with van der Waals surface area (Å²) >= 11 is 0. The van der Waals surface area contributed by atoms with Gasteiger partial charge in [0.05, 0.1) is 12.9 Å². The maximum atomic E-state index is 3.94. The molecule has 5 heteroatoms. The molecule has 0 aliphatic carbocycles. The molecule has 1 aliphatic heterocycles. The van der Waals surface area contributed by atoms with Gasteiger partial charge in [0, 0.05) is 6.20 Å². The lowest BCUT2D eigenvalue weighted by molar-refractivity contribution is 0.172. The minimum Gasteiger partial charge on any atom is -0.284 e. The topological polar surface area (TPSA) is 34.0 Å². The Labute approximate surface area is 84.3 Å². The van der Waals surface area contributed by atoms with E-state index in [9.17, 15) is 0 Å². The van der Waals surface area contributed by atoms with E-state index in [0.717, 1.165) is 6.67 Å². The van der Waals surface area contributed by atoms with Gasteiger partial charge in [0.2, 0.25) is 0 Å². The summed E-state index contributed by atoms with van der Waals surface area (Å²) in [5, 5.41) is 7.71. The first-order valence-electron chi connectivity index (χ1n) is 4.51. The van der Waals surface area contributed by atoms with Crippen LogP contribution in [0.1, 0.15) is 19.3 Å². The van der Waals surface area contributed by atoms with Gasteiger partial charge < -0.3 is 0 Å². The molecule has 0 atom stereocenters. The molecule has 1 aliphatic rings. The molecule has 0 radical (unpaired) electrons. The Morgan fingerprint density at radius 1 is 1.15 bits per heavy atom. The van der Waals surface area contributed by atoms with Crippen molar-refractivity contribution in [2.45, 2.75) is 25.9 Å². The predicted octanol–water partition coefficient (Wildman–Crippen LogP) is 1.14. The normalized spacial score (nSPS) is 18.2. The lowest BCUT2D eigenvalue weighted by atomic mass is 10.1. The highest BCUT2D eigenvalue weighted by Crippen LogP contribution is 2.08. The van der Waals surface area contributed by atoms with Gasteiger partial charge in [-0.3, -0.25) is 4.90 Å². The zero-order chi connectivity index (χ0) is 8.23. The molecular formula is C8H15ClN4. The van der Waals surface area contributed by atoms with Crippen LogP contribution in [0.3, 0.4) is 0 Å². The average Bonchev–Trinajstić information content (AvgIpc) is 2.59. The maximum absolute atomic E-state index is 3.94. The van der Waals surface area contributed by atoms with Crippen LogP contribution in [-0.2, 0) is 6.67 Å². The van der Waals surface area contributed by atoms with Crippen molar-refractivity contribution >= 4 is 12.4 Å². The third kappa shape index (κ3) is 2.97. The molecule has 0 spiro atoms. The van der Waals surface area contributed by atoms with Crippen molar-refractivity contribution in [1.82, 2.24) is 19.9 Å². The highest BCUT2D eigenvalue weighted by molar-refractivity contribution is 5.85. The Morgan fingerprint density at radius 2 is 1.92 bits per heavy atom. The summed E-state index contributed by atoms with van der Waals surface area (Å²) in [6.45, 7) is 3.32. The first-order valence-corrected chi connectivity index (χ1v) is 4.51. The lowest BCUT2D eigenvalue weighted by Gasteiger charge is -2.25. The Bertz CT molecular complexity index is 218. The van der Waals surface area contributed by atoms with Gasteiger partial charge in [-0.1, -0.05) is 11.6 Å². The van der Waals surface area contributed by atoms with E-state index in [4.69, 9.17) is 0 Å². The molecule has 2 heterocycles. The van der Waals surface area contributed by atoms with E-state index < -0.39 is 0 Å². The molecule has 0 bridgehead atoms. The smallest absolute Gasteiger partial charge is 0.0946 e. The molecule has 0 unspecified atom stereocenters. The fourth-order valence-corrected chi connectivity index (χ4v) is 1.61. The first kappa shape index (κ1) is 10.5. The number of hydrogen-bond acceptors (Lipinski definition) is 3. The van der Waals surface area contributed by atoms with Crippen LogP contribution in [0.5, 0.6) is 0 Å². The molecule has 74 valence electrons. The van der Waals surface area contributed by atoms with Crippen LogP contribution in [0.25, 0.3) is 0 Å². The average molecular weight is 203 g/mol. The van der Waals surface area contributed by atoms with Gasteiger partial charge in [0.15, 0.2) is 0 Å². The van der Waals surface area contributed by atoms with E-state index in [2.05, 4.69) is 15.2 Å². The van der Waals surface area contributed by atoms with Crippen LogP contribution in [0, 0.1) is 0 Å². The molecule has 0 saturated carbocycles. The van der Waals surface area contributed by atoms with Crippen molar-refractivity contribution in [3.8, 4) is 0 Å². The van der Waals surface area contributed by atoms with Crippen LogP contribution >= 0.6 is 12.4 Å². The molecule has 1 aromatic rings. The number of hydrogen-bond donors (Lipinski definition) is 0. The number of aromatic nitrogens is 3. The number of nitrogens with zero attached hydrogens (tertiary/aromatic N) is 4. The molecule has 2 rings (SSSR count). The van der Waals surface area contributed by atoms with Gasteiger partial charge in [0.25, 0.3) is 0 Å². The zero-order valence-electron chi connectivity index (χ0n) is 7.59. The van der Waals surface area contributed by atoms with E-state index >= 15 is 0 Å². The van der Waals surface area contributed by atoms with Gasteiger partial charge in [-0.25, -0.2) is 4.68 Å². The van der Waals surface area contributed by atoms with Gasteiger partial charge in [-0.15, -0.1) is 17.5 Å². The Balaban J connectivity index is 0.000000845. The van der Waals surface area contributed by atoms with Crippen LogP contribution in [0.2, 0.25) is 0 Å². The summed E-state index contributed by atoms with van der Waals surface area (Å²) in [5.74, 6) is 0. The molecule has 4 nitrogen and oxygen atoms in total. The third-order valence-electron chi connectivity index (χ3n) is 2.27. The second kappa shape index (κ2) is 5.19. The van der Waals surface area contributed by atoms with Crippen LogP contribution in [0.4, 0.5) is 0 Å². The Kier molecular flexibility index (Phi) is 4.18. The van der Waals surface area contributed by atoms with Gasteiger partial charge >= 0.3 is 0 Å². The molecule has 1 fully saturated rings. The van der Waals surface area contributed by atoms with Crippen molar-refractivity contribution in [3.05, 3.63) is 12.4 Å². The van der Waals surface area contributed by atoms with Crippen molar-refractivity contribution < 1.29 is 0 Å². The van der Waals surface area contributed by atoms with Crippen molar-refractivity contribution in [2.24, 2.45) is 0 Å². The SMILES string of the molecule is Cl.c1cn(CN2CCCCC2)nn1. The second-order valence-corrected chi connectivity index (χ2v) is 3.26. The highest BCUT2D eigenvalue weighted by atomic mass is 35.5. The van der Waals surface area contributed by atoms with Crippen molar-refractivity contribution in [1.29, 1.82) is 0 Å². The van der Waals surface area contributed by atoms with Crippen LogP contribution in [-0.4, -0.2) is 33.0 Å². The van der Waals surface area contributed by atoms with Gasteiger partial charge in [-0.05, 0) is 25.9 Å². The summed E-state index contributed by atoms with van der Waals surface area (Å²) in [6.07, 6.45) is 7.68. The molecule has 0 amide bonds. The molecule has 1 aromatic heterocycles. The molecule has 0 aromatic carbocycles. The number of piperidine rings is 1. The summed E-state index contributed by atoms with van der Waals surface area (Å²) in [4.78, 5) is 2.41.